The largest absolute Gasteiger partial charge is 0.487 e. The molecule has 1 aliphatic carbocycles. The Morgan fingerprint density at radius 3 is 2.34 bits per heavy atom. The first-order chi connectivity index (χ1) is 16.3. The van der Waals surface area contributed by atoms with Gasteiger partial charge in [-0.05, 0) is 82.2 Å². The molecule has 1 fully saturated rings. The van der Waals surface area contributed by atoms with E-state index >= 15 is 0 Å². The summed E-state index contributed by atoms with van der Waals surface area (Å²) in [6, 6.07) is 11.4. The Kier molecular flexibility index (Phi) is 6.71. The highest BCUT2D eigenvalue weighted by molar-refractivity contribution is 5.92. The number of hydrogen-bond acceptors (Lipinski definition) is 5. The van der Waals surface area contributed by atoms with Gasteiger partial charge in [-0.2, -0.15) is 0 Å². The predicted molar refractivity (Wildman–Crippen MR) is 135 cm³/mol. The molecular formula is C29H37NO5. The first kappa shape index (κ1) is 25.2. The third kappa shape index (κ3) is 5.87. The average molecular weight is 480 g/mol. The molecule has 0 aromatic heterocycles. The van der Waals surface area contributed by atoms with E-state index in [2.05, 4.69) is 46.4 Å². The van der Waals surface area contributed by atoms with E-state index < -0.39 is 11.9 Å². The van der Waals surface area contributed by atoms with Crippen LogP contribution in [-0.4, -0.2) is 39.6 Å². The molecule has 6 nitrogen and oxygen atoms in total. The van der Waals surface area contributed by atoms with Crippen LogP contribution in [0.1, 0.15) is 87.9 Å². The molecule has 2 aromatic rings. The van der Waals surface area contributed by atoms with Crippen molar-refractivity contribution in [2.75, 3.05) is 0 Å². The van der Waals surface area contributed by atoms with Gasteiger partial charge in [0.2, 0.25) is 0 Å². The zero-order valence-electron chi connectivity index (χ0n) is 21.7. The molecule has 0 amide bonds. The second-order valence-electron chi connectivity index (χ2n) is 11.5. The van der Waals surface area contributed by atoms with Gasteiger partial charge in [0.1, 0.15) is 17.1 Å². The number of rotatable bonds is 8. The molecule has 0 spiro atoms. The van der Waals surface area contributed by atoms with Crippen molar-refractivity contribution in [2.45, 2.75) is 96.9 Å². The number of aliphatic carboxylic acids is 1. The molecule has 2 aliphatic rings. The monoisotopic (exact) mass is 479 g/mol. The molecule has 1 saturated carbocycles. The lowest BCUT2D eigenvalue weighted by Gasteiger charge is -2.44. The number of carboxylic acids is 1. The topological polar surface area (TPSA) is 76.1 Å². The Bertz CT molecular complexity index is 1110. The normalized spacial score (nSPS) is 18.2. The van der Waals surface area contributed by atoms with E-state index in [0.29, 0.717) is 29.0 Å². The minimum atomic E-state index is -0.897. The van der Waals surface area contributed by atoms with Crippen LogP contribution in [0.15, 0.2) is 36.4 Å². The highest BCUT2D eigenvalue weighted by Crippen LogP contribution is 2.47. The SMILES string of the molecule is CC(C)N(Cc1cc(C(=O)Oc2ccc(CC(=O)O)cc2)cc2c1OC(C)(C)CC2(C)C)C1CC1. The van der Waals surface area contributed by atoms with Crippen molar-refractivity contribution in [3.05, 3.63) is 58.7 Å². The van der Waals surface area contributed by atoms with Gasteiger partial charge in [0, 0.05) is 29.8 Å². The highest BCUT2D eigenvalue weighted by Gasteiger charge is 2.41. The lowest BCUT2D eigenvalue weighted by atomic mass is 9.72. The third-order valence-corrected chi connectivity index (χ3v) is 6.90. The van der Waals surface area contributed by atoms with E-state index in [0.717, 1.165) is 29.8 Å². The predicted octanol–water partition coefficient (Wildman–Crippen LogP) is 5.74. The first-order valence-corrected chi connectivity index (χ1v) is 12.5. The number of benzene rings is 2. The second kappa shape index (κ2) is 9.30. The fraction of sp³-hybridized carbons (Fsp3) is 0.517. The average Bonchev–Trinajstić information content (AvgIpc) is 3.56. The summed E-state index contributed by atoms with van der Waals surface area (Å²) in [5.74, 6) is -0.0388. The molecule has 188 valence electrons. The summed E-state index contributed by atoms with van der Waals surface area (Å²) >= 11 is 0. The van der Waals surface area contributed by atoms with Gasteiger partial charge in [-0.25, -0.2) is 4.79 Å². The highest BCUT2D eigenvalue weighted by atomic mass is 16.5. The van der Waals surface area contributed by atoms with Crippen LogP contribution in [0.5, 0.6) is 11.5 Å². The van der Waals surface area contributed by atoms with Gasteiger partial charge in [-0.1, -0.05) is 26.0 Å². The van der Waals surface area contributed by atoms with Crippen LogP contribution >= 0.6 is 0 Å². The molecule has 0 saturated heterocycles. The van der Waals surface area contributed by atoms with Gasteiger partial charge >= 0.3 is 11.9 Å². The summed E-state index contributed by atoms with van der Waals surface area (Å²) in [7, 11) is 0. The van der Waals surface area contributed by atoms with Crippen LogP contribution in [0, 0.1) is 0 Å². The molecule has 0 unspecified atom stereocenters. The molecular weight excluding hydrogens is 442 g/mol. The number of nitrogens with zero attached hydrogens (tertiary/aromatic N) is 1. The van der Waals surface area contributed by atoms with E-state index in [1.54, 1.807) is 24.3 Å². The molecule has 35 heavy (non-hydrogen) atoms. The number of carbonyl (C=O) groups is 2. The number of hydrogen-bond donors (Lipinski definition) is 1. The fourth-order valence-electron chi connectivity index (χ4n) is 5.37. The molecule has 4 rings (SSSR count). The molecule has 1 aliphatic heterocycles. The number of carboxylic acid groups (broad SMARTS) is 1. The van der Waals surface area contributed by atoms with Gasteiger partial charge in [-0.15, -0.1) is 0 Å². The Hall–Kier alpha value is -2.86. The Morgan fingerprint density at radius 2 is 1.77 bits per heavy atom. The molecule has 0 atom stereocenters. The van der Waals surface area contributed by atoms with E-state index in [9.17, 15) is 9.59 Å². The maximum Gasteiger partial charge on any atom is 0.343 e. The third-order valence-electron chi connectivity index (χ3n) is 6.90. The summed E-state index contributed by atoms with van der Waals surface area (Å²) in [6.45, 7) is 13.8. The lowest BCUT2D eigenvalue weighted by Crippen LogP contribution is -2.42. The maximum absolute atomic E-state index is 13.2. The molecule has 2 aromatic carbocycles. The number of fused-ring (bicyclic) bond motifs is 1. The Balaban J connectivity index is 1.68. The summed E-state index contributed by atoms with van der Waals surface area (Å²) in [4.78, 5) is 26.7. The second-order valence-corrected chi connectivity index (χ2v) is 11.5. The van der Waals surface area contributed by atoms with Crippen LogP contribution in [0.3, 0.4) is 0 Å². The molecule has 1 heterocycles. The quantitative estimate of drug-likeness (QED) is 0.384. The van der Waals surface area contributed by atoms with Crippen molar-refractivity contribution in [1.29, 1.82) is 0 Å². The van der Waals surface area contributed by atoms with Crippen LogP contribution in [-0.2, 0) is 23.2 Å². The number of carbonyl (C=O) groups excluding carboxylic acids is 1. The molecule has 0 bridgehead atoms. The van der Waals surface area contributed by atoms with Gasteiger partial charge in [0.05, 0.1) is 12.0 Å². The molecule has 1 N–H and O–H groups in total. The van der Waals surface area contributed by atoms with Crippen LogP contribution in [0.2, 0.25) is 0 Å². The minimum absolute atomic E-state index is 0.0683. The van der Waals surface area contributed by atoms with Crippen molar-refractivity contribution in [1.82, 2.24) is 4.90 Å². The Morgan fingerprint density at radius 1 is 1.11 bits per heavy atom. The zero-order valence-corrected chi connectivity index (χ0v) is 21.7. The van der Waals surface area contributed by atoms with Crippen molar-refractivity contribution in [2.24, 2.45) is 0 Å². The Labute approximate surface area is 208 Å². The first-order valence-electron chi connectivity index (χ1n) is 12.5. The van der Waals surface area contributed by atoms with E-state index in [4.69, 9.17) is 14.6 Å². The lowest BCUT2D eigenvalue weighted by molar-refractivity contribution is -0.136. The van der Waals surface area contributed by atoms with Crippen LogP contribution < -0.4 is 9.47 Å². The summed E-state index contributed by atoms with van der Waals surface area (Å²) in [5.41, 5.74) is 2.76. The van der Waals surface area contributed by atoms with Gasteiger partial charge < -0.3 is 14.6 Å². The number of ether oxygens (including phenoxy) is 2. The van der Waals surface area contributed by atoms with Crippen molar-refractivity contribution < 1.29 is 24.2 Å². The summed E-state index contributed by atoms with van der Waals surface area (Å²) in [5, 5.41) is 8.96. The standard InChI is InChI=1S/C29H37NO5/c1-18(2)30(22-9-10-22)16-21-14-20(15-24-26(21)35-29(5,6)17-28(24,3)4)27(33)34-23-11-7-19(8-12-23)13-25(31)32/h7-8,11-12,14-15,18,22H,9-10,13,16-17H2,1-6H3,(H,31,32). The summed E-state index contributed by atoms with van der Waals surface area (Å²) in [6.07, 6.45) is 3.18. The van der Waals surface area contributed by atoms with E-state index in [1.165, 1.54) is 12.8 Å². The molecule has 6 heteroatoms. The minimum Gasteiger partial charge on any atom is -0.487 e. The van der Waals surface area contributed by atoms with Crippen molar-refractivity contribution in [3.8, 4) is 11.5 Å². The van der Waals surface area contributed by atoms with Crippen molar-refractivity contribution >= 4 is 11.9 Å². The van der Waals surface area contributed by atoms with E-state index in [-0.39, 0.29) is 17.4 Å². The molecule has 0 radical (unpaired) electrons. The maximum atomic E-state index is 13.2. The fourth-order valence-corrected chi connectivity index (χ4v) is 5.37. The number of esters is 1. The van der Waals surface area contributed by atoms with E-state index in [1.807, 2.05) is 12.1 Å². The van der Waals surface area contributed by atoms with Gasteiger partial charge in [-0.3, -0.25) is 9.69 Å². The zero-order chi connectivity index (χ0) is 25.5. The smallest absolute Gasteiger partial charge is 0.343 e. The summed E-state index contributed by atoms with van der Waals surface area (Å²) < 4.78 is 12.2. The van der Waals surface area contributed by atoms with Gasteiger partial charge in [0.25, 0.3) is 0 Å². The van der Waals surface area contributed by atoms with Gasteiger partial charge in [0.15, 0.2) is 0 Å². The van der Waals surface area contributed by atoms with Crippen molar-refractivity contribution in [3.63, 3.8) is 0 Å². The van der Waals surface area contributed by atoms with Crippen LogP contribution in [0.25, 0.3) is 0 Å². The van der Waals surface area contributed by atoms with Crippen LogP contribution in [0.4, 0.5) is 0 Å².